The fraction of sp³-hybridized carbons (Fsp3) is 0.833. The van der Waals surface area contributed by atoms with Gasteiger partial charge in [-0.1, -0.05) is 53.6 Å². The molecule has 1 saturated heterocycles. The number of amides is 1. The van der Waals surface area contributed by atoms with Crippen molar-refractivity contribution in [3.63, 3.8) is 0 Å². The van der Waals surface area contributed by atoms with E-state index in [4.69, 9.17) is 4.52 Å². The summed E-state index contributed by atoms with van der Waals surface area (Å²) < 4.78 is 5.22. The lowest BCUT2D eigenvalue weighted by Crippen LogP contribution is -2.46. The summed E-state index contributed by atoms with van der Waals surface area (Å²) in [5.41, 5.74) is -0.215. The summed E-state index contributed by atoms with van der Waals surface area (Å²) >= 11 is 0. The SMILES string of the molecule is CC(C)C1CCN(C(=O)c2nc(C(C)(C)C)no2)CC1C(C)C. The lowest BCUT2D eigenvalue weighted by atomic mass is 9.73. The van der Waals surface area contributed by atoms with Crippen molar-refractivity contribution in [2.45, 2.75) is 60.3 Å². The lowest BCUT2D eigenvalue weighted by molar-refractivity contribution is 0.0397. The lowest BCUT2D eigenvalue weighted by Gasteiger charge is -2.42. The second kappa shape index (κ2) is 6.62. The summed E-state index contributed by atoms with van der Waals surface area (Å²) in [6.45, 7) is 16.6. The fourth-order valence-corrected chi connectivity index (χ4v) is 3.47. The zero-order valence-electron chi connectivity index (χ0n) is 15.6. The monoisotopic (exact) mass is 321 g/mol. The summed E-state index contributed by atoms with van der Waals surface area (Å²) in [5.74, 6) is 2.99. The topological polar surface area (TPSA) is 59.2 Å². The van der Waals surface area contributed by atoms with Gasteiger partial charge in [0.15, 0.2) is 5.82 Å². The first-order chi connectivity index (χ1) is 10.6. The Balaban J connectivity index is 2.13. The van der Waals surface area contributed by atoms with E-state index in [2.05, 4.69) is 37.8 Å². The van der Waals surface area contributed by atoms with E-state index in [-0.39, 0.29) is 17.2 Å². The number of carbonyl (C=O) groups excluding carboxylic acids is 1. The summed E-state index contributed by atoms with van der Waals surface area (Å²) in [4.78, 5) is 18.9. The molecule has 1 aromatic rings. The molecule has 2 rings (SSSR count). The van der Waals surface area contributed by atoms with Gasteiger partial charge in [0.25, 0.3) is 0 Å². The third-order valence-electron chi connectivity index (χ3n) is 4.99. The summed E-state index contributed by atoms with van der Waals surface area (Å²) in [6.07, 6.45) is 1.05. The van der Waals surface area contributed by atoms with Crippen molar-refractivity contribution in [2.24, 2.45) is 23.7 Å². The average Bonchev–Trinajstić information content (AvgIpc) is 2.95. The molecule has 1 aliphatic rings. The molecule has 0 aromatic carbocycles. The zero-order valence-corrected chi connectivity index (χ0v) is 15.6. The van der Waals surface area contributed by atoms with Crippen LogP contribution in [0.5, 0.6) is 0 Å². The molecule has 1 aliphatic heterocycles. The predicted molar refractivity (Wildman–Crippen MR) is 90.2 cm³/mol. The van der Waals surface area contributed by atoms with Crippen LogP contribution in [0.3, 0.4) is 0 Å². The van der Waals surface area contributed by atoms with Gasteiger partial charge in [-0.05, 0) is 30.1 Å². The van der Waals surface area contributed by atoms with Crippen LogP contribution in [0.4, 0.5) is 0 Å². The van der Waals surface area contributed by atoms with Crippen molar-refractivity contribution in [2.75, 3.05) is 13.1 Å². The van der Waals surface area contributed by atoms with Gasteiger partial charge >= 0.3 is 11.8 Å². The maximum atomic E-state index is 12.7. The first-order valence-electron chi connectivity index (χ1n) is 8.74. The van der Waals surface area contributed by atoms with Gasteiger partial charge in [0.05, 0.1) is 0 Å². The van der Waals surface area contributed by atoms with Crippen LogP contribution in [0.25, 0.3) is 0 Å². The molecule has 1 aromatic heterocycles. The van der Waals surface area contributed by atoms with Gasteiger partial charge in [0, 0.05) is 18.5 Å². The zero-order chi connectivity index (χ0) is 17.4. The molecule has 130 valence electrons. The number of aromatic nitrogens is 2. The number of hydrogen-bond donors (Lipinski definition) is 0. The summed E-state index contributed by atoms with van der Waals surface area (Å²) in [6, 6.07) is 0. The third kappa shape index (κ3) is 3.93. The highest BCUT2D eigenvalue weighted by molar-refractivity contribution is 5.89. The molecule has 0 aliphatic carbocycles. The Labute approximate surface area is 139 Å². The molecule has 1 fully saturated rings. The minimum atomic E-state index is -0.215. The van der Waals surface area contributed by atoms with E-state index >= 15 is 0 Å². The fourth-order valence-electron chi connectivity index (χ4n) is 3.47. The van der Waals surface area contributed by atoms with Crippen LogP contribution in [0, 0.1) is 23.7 Å². The molecular weight excluding hydrogens is 290 g/mol. The normalized spacial score (nSPS) is 22.9. The molecule has 2 unspecified atom stereocenters. The number of nitrogens with zero attached hydrogens (tertiary/aromatic N) is 3. The van der Waals surface area contributed by atoms with Crippen molar-refractivity contribution >= 4 is 5.91 Å². The number of piperidine rings is 1. The van der Waals surface area contributed by atoms with E-state index in [1.54, 1.807) is 0 Å². The van der Waals surface area contributed by atoms with Crippen molar-refractivity contribution in [1.82, 2.24) is 15.0 Å². The maximum Gasteiger partial charge on any atom is 0.316 e. The summed E-state index contributed by atoms with van der Waals surface area (Å²) in [7, 11) is 0. The van der Waals surface area contributed by atoms with Crippen molar-refractivity contribution in [3.05, 3.63) is 11.7 Å². The van der Waals surface area contributed by atoms with Crippen LogP contribution in [0.2, 0.25) is 0 Å². The first kappa shape index (κ1) is 18.0. The van der Waals surface area contributed by atoms with Crippen molar-refractivity contribution in [3.8, 4) is 0 Å². The van der Waals surface area contributed by atoms with Gasteiger partial charge in [-0.2, -0.15) is 4.98 Å². The van der Waals surface area contributed by atoms with Gasteiger partial charge in [0.2, 0.25) is 0 Å². The van der Waals surface area contributed by atoms with Crippen LogP contribution < -0.4 is 0 Å². The van der Waals surface area contributed by atoms with E-state index in [0.717, 1.165) is 19.5 Å². The van der Waals surface area contributed by atoms with Gasteiger partial charge in [-0.25, -0.2) is 0 Å². The van der Waals surface area contributed by atoms with E-state index < -0.39 is 0 Å². The van der Waals surface area contributed by atoms with E-state index in [0.29, 0.717) is 29.5 Å². The highest BCUT2D eigenvalue weighted by atomic mass is 16.5. The summed E-state index contributed by atoms with van der Waals surface area (Å²) in [5, 5.41) is 3.97. The standard InChI is InChI=1S/C18H31N3O2/c1-11(2)13-8-9-21(10-14(13)12(3)4)16(22)15-19-17(20-23-15)18(5,6)7/h11-14H,8-10H2,1-7H3. The Morgan fingerprint density at radius 2 is 1.78 bits per heavy atom. The highest BCUT2D eigenvalue weighted by Crippen LogP contribution is 2.35. The molecule has 0 radical (unpaired) electrons. The second-order valence-corrected chi connectivity index (χ2v) is 8.53. The molecule has 2 atom stereocenters. The Kier molecular flexibility index (Phi) is 5.17. The smallest absolute Gasteiger partial charge is 0.316 e. The second-order valence-electron chi connectivity index (χ2n) is 8.53. The van der Waals surface area contributed by atoms with Crippen molar-refractivity contribution in [1.29, 1.82) is 0 Å². The predicted octanol–water partition coefficient (Wildman–Crippen LogP) is 3.76. The molecule has 5 nitrogen and oxygen atoms in total. The van der Waals surface area contributed by atoms with Gasteiger partial charge < -0.3 is 9.42 Å². The van der Waals surface area contributed by atoms with Crippen molar-refractivity contribution < 1.29 is 9.32 Å². The maximum absolute atomic E-state index is 12.7. The van der Waals surface area contributed by atoms with Crippen LogP contribution in [0.15, 0.2) is 4.52 Å². The molecule has 1 amide bonds. The number of carbonyl (C=O) groups is 1. The molecule has 5 heteroatoms. The number of hydrogen-bond acceptors (Lipinski definition) is 4. The quantitative estimate of drug-likeness (QED) is 0.850. The Morgan fingerprint density at radius 1 is 1.17 bits per heavy atom. The molecule has 0 N–H and O–H groups in total. The van der Waals surface area contributed by atoms with Gasteiger partial charge in [0.1, 0.15) is 0 Å². The van der Waals surface area contributed by atoms with Gasteiger partial charge in [-0.15, -0.1) is 0 Å². The molecule has 0 saturated carbocycles. The van der Waals surface area contributed by atoms with Gasteiger partial charge in [-0.3, -0.25) is 4.79 Å². The Morgan fingerprint density at radius 3 is 2.26 bits per heavy atom. The Bertz CT molecular complexity index is 543. The van der Waals surface area contributed by atoms with E-state index in [1.165, 1.54) is 0 Å². The molecule has 0 spiro atoms. The molecular formula is C18H31N3O2. The molecule has 23 heavy (non-hydrogen) atoms. The minimum Gasteiger partial charge on any atom is -0.334 e. The minimum absolute atomic E-state index is 0.124. The van der Waals surface area contributed by atoms with Crippen LogP contribution in [0.1, 0.15) is 71.4 Å². The van der Waals surface area contributed by atoms with E-state index in [9.17, 15) is 4.79 Å². The van der Waals surface area contributed by atoms with Crippen LogP contribution in [-0.2, 0) is 5.41 Å². The number of rotatable bonds is 3. The highest BCUT2D eigenvalue weighted by Gasteiger charge is 2.36. The van der Waals surface area contributed by atoms with Crippen LogP contribution >= 0.6 is 0 Å². The molecule has 0 bridgehead atoms. The van der Waals surface area contributed by atoms with Crippen LogP contribution in [-0.4, -0.2) is 34.0 Å². The third-order valence-corrected chi connectivity index (χ3v) is 4.99. The Hall–Kier alpha value is -1.39. The largest absolute Gasteiger partial charge is 0.334 e. The average molecular weight is 321 g/mol. The van der Waals surface area contributed by atoms with E-state index in [1.807, 2.05) is 25.7 Å². The first-order valence-corrected chi connectivity index (χ1v) is 8.74. The molecule has 2 heterocycles. The number of likely N-dealkylation sites (tertiary alicyclic amines) is 1.